The fourth-order valence-corrected chi connectivity index (χ4v) is 6.00. The third-order valence-corrected chi connectivity index (χ3v) is 9.12. The Labute approximate surface area is 264 Å². The van der Waals surface area contributed by atoms with Crippen molar-refractivity contribution in [1.82, 2.24) is 0 Å². The number of quaternary nitrogens is 1. The molecule has 0 aromatic heterocycles. The van der Waals surface area contributed by atoms with E-state index in [0.29, 0.717) is 11.0 Å². The molecule has 0 spiro atoms. The first kappa shape index (κ1) is 38.5. The van der Waals surface area contributed by atoms with E-state index in [1.165, 1.54) is 89.0 Å². The highest BCUT2D eigenvalue weighted by Crippen LogP contribution is 2.38. The fourth-order valence-electron chi connectivity index (χ4n) is 5.27. The van der Waals surface area contributed by atoms with Crippen molar-refractivity contribution in [3.8, 4) is 0 Å². The average Bonchev–Trinajstić information content (AvgIpc) is 2.94. The van der Waals surface area contributed by atoms with Crippen LogP contribution in [-0.2, 0) is 29.3 Å². The molecular formula is C34H63BNO6P. The van der Waals surface area contributed by atoms with Crippen molar-refractivity contribution in [3.05, 3.63) is 29.8 Å². The van der Waals surface area contributed by atoms with Gasteiger partial charge in [0, 0.05) is 18.6 Å². The predicted octanol–water partition coefficient (Wildman–Crippen LogP) is 7.45. The van der Waals surface area contributed by atoms with Crippen molar-refractivity contribution < 1.29 is 32.3 Å². The largest absolute Gasteiger partial charge is 0.756 e. The summed E-state index contributed by atoms with van der Waals surface area (Å²) in [7, 11) is 1.63. The van der Waals surface area contributed by atoms with Gasteiger partial charge in [0.25, 0.3) is 7.82 Å². The Morgan fingerprint density at radius 1 is 0.721 bits per heavy atom. The molecule has 1 aliphatic rings. The van der Waals surface area contributed by atoms with Crippen LogP contribution in [-0.4, -0.2) is 65.7 Å². The maximum absolute atomic E-state index is 11.8. The smallest absolute Gasteiger partial charge is 0.493 e. The Morgan fingerprint density at radius 2 is 1.14 bits per heavy atom. The highest BCUT2D eigenvalue weighted by molar-refractivity contribution is 7.45. The topological polar surface area (TPSA) is 77.1 Å². The van der Waals surface area contributed by atoms with Crippen molar-refractivity contribution in [1.29, 1.82) is 0 Å². The molecule has 1 atom stereocenters. The molecule has 1 aromatic rings. The molecule has 1 fully saturated rings. The quantitative estimate of drug-likeness (QED) is 0.0488. The first-order chi connectivity index (χ1) is 20.5. The van der Waals surface area contributed by atoms with Crippen LogP contribution in [0.15, 0.2) is 24.3 Å². The molecular weight excluding hydrogens is 560 g/mol. The maximum Gasteiger partial charge on any atom is 0.493 e. The number of likely N-dealkylation sites (N-methyl/N-ethyl adjacent to an activating group) is 1. The minimum Gasteiger partial charge on any atom is -0.756 e. The summed E-state index contributed by atoms with van der Waals surface area (Å²) in [6.45, 7) is 6.85. The number of hydrogen-bond donors (Lipinski definition) is 0. The lowest BCUT2D eigenvalue weighted by Gasteiger charge is -2.33. The zero-order valence-corrected chi connectivity index (χ0v) is 29.2. The van der Waals surface area contributed by atoms with Crippen molar-refractivity contribution in [2.24, 2.45) is 5.41 Å². The van der Waals surface area contributed by atoms with Crippen LogP contribution in [0.1, 0.15) is 122 Å². The summed E-state index contributed by atoms with van der Waals surface area (Å²) in [6, 6.07) is 8.81. The monoisotopic (exact) mass is 623 g/mol. The minimum absolute atomic E-state index is 0.108. The highest BCUT2D eigenvalue weighted by atomic mass is 31.2. The van der Waals surface area contributed by atoms with E-state index in [-0.39, 0.29) is 25.7 Å². The molecule has 9 heteroatoms. The summed E-state index contributed by atoms with van der Waals surface area (Å²) in [5.41, 5.74) is 2.65. The van der Waals surface area contributed by atoms with Gasteiger partial charge in [-0.15, -0.1) is 0 Å². The molecule has 0 radical (unpaired) electrons. The van der Waals surface area contributed by atoms with E-state index in [1.54, 1.807) is 0 Å². The van der Waals surface area contributed by atoms with Gasteiger partial charge in [0.2, 0.25) is 0 Å². The molecule has 43 heavy (non-hydrogen) atoms. The molecule has 7 nitrogen and oxygen atoms in total. The lowest BCUT2D eigenvalue weighted by molar-refractivity contribution is -0.870. The molecule has 0 bridgehead atoms. The van der Waals surface area contributed by atoms with E-state index < -0.39 is 7.82 Å². The van der Waals surface area contributed by atoms with Gasteiger partial charge in [0.1, 0.15) is 13.2 Å². The Morgan fingerprint density at radius 3 is 1.60 bits per heavy atom. The van der Waals surface area contributed by atoms with E-state index in [2.05, 4.69) is 38.1 Å². The molecule has 0 N–H and O–H groups in total. The number of rotatable bonds is 25. The Balaban J connectivity index is 1.30. The molecule has 1 aliphatic heterocycles. The number of nitrogens with zero attached hydrogens (tertiary/aromatic N) is 1. The first-order valence-corrected chi connectivity index (χ1v) is 18.6. The lowest BCUT2D eigenvalue weighted by atomic mass is 9.75. The van der Waals surface area contributed by atoms with Gasteiger partial charge in [-0.1, -0.05) is 128 Å². The van der Waals surface area contributed by atoms with Gasteiger partial charge in [0.05, 0.1) is 27.7 Å². The average molecular weight is 624 g/mol. The van der Waals surface area contributed by atoms with Crippen LogP contribution in [0.25, 0.3) is 0 Å². The maximum atomic E-state index is 11.8. The molecule has 1 saturated heterocycles. The third-order valence-electron chi connectivity index (χ3n) is 8.12. The fraction of sp³-hybridized carbons (Fsp3) is 0.824. The van der Waals surface area contributed by atoms with E-state index in [4.69, 9.17) is 18.4 Å². The Kier molecular flexibility index (Phi) is 18.9. The van der Waals surface area contributed by atoms with Crippen LogP contribution in [0, 0.1) is 5.41 Å². The van der Waals surface area contributed by atoms with E-state index in [1.807, 2.05) is 21.1 Å². The molecule has 1 aromatic carbocycles. The summed E-state index contributed by atoms with van der Waals surface area (Å²) >= 11 is 0. The SMILES string of the molecule is CC1(C)COB(c2ccc(CCCCCCCCCCCCCCCCCCOP(=O)([O-])OCC[N+](C)(C)C)cc2)OC1. The van der Waals surface area contributed by atoms with Crippen LogP contribution in [0.3, 0.4) is 0 Å². The Bertz CT molecular complexity index is 882. The molecule has 0 aliphatic carbocycles. The number of hydrogen-bond acceptors (Lipinski definition) is 6. The van der Waals surface area contributed by atoms with Gasteiger partial charge in [0.15, 0.2) is 0 Å². The second kappa shape index (κ2) is 21.1. The van der Waals surface area contributed by atoms with Crippen LogP contribution >= 0.6 is 7.82 Å². The van der Waals surface area contributed by atoms with Gasteiger partial charge in [-0.05, 0) is 30.3 Å². The molecule has 0 saturated carbocycles. The van der Waals surface area contributed by atoms with Gasteiger partial charge < -0.3 is 27.7 Å². The number of aryl methyl sites for hydroxylation is 1. The summed E-state index contributed by atoms with van der Waals surface area (Å²) in [6.07, 6.45) is 21.4. The molecule has 2 rings (SSSR count). The van der Waals surface area contributed by atoms with Crippen LogP contribution in [0.4, 0.5) is 0 Å². The summed E-state index contributed by atoms with van der Waals surface area (Å²) in [4.78, 5) is 11.8. The highest BCUT2D eigenvalue weighted by Gasteiger charge is 2.33. The summed E-state index contributed by atoms with van der Waals surface area (Å²) in [5, 5.41) is 0. The van der Waals surface area contributed by atoms with Crippen molar-refractivity contribution in [2.75, 3.05) is 54.1 Å². The number of unbranched alkanes of at least 4 members (excludes halogenated alkanes) is 15. The number of phosphoric acid groups is 1. The van der Waals surface area contributed by atoms with E-state index >= 15 is 0 Å². The number of benzene rings is 1. The molecule has 1 heterocycles. The lowest BCUT2D eigenvalue weighted by Crippen LogP contribution is -2.47. The van der Waals surface area contributed by atoms with Crippen molar-refractivity contribution in [3.63, 3.8) is 0 Å². The van der Waals surface area contributed by atoms with Gasteiger partial charge in [-0.25, -0.2) is 0 Å². The molecule has 248 valence electrons. The Hall–Kier alpha value is -0.725. The second-order valence-electron chi connectivity index (χ2n) is 14.4. The summed E-state index contributed by atoms with van der Waals surface area (Å²) < 4.78 is 34.1. The normalized spacial score (nSPS) is 16.8. The zero-order chi connectivity index (χ0) is 31.4. The van der Waals surface area contributed by atoms with Crippen molar-refractivity contribution >= 4 is 20.4 Å². The molecule has 0 amide bonds. The van der Waals surface area contributed by atoms with Crippen LogP contribution in [0.2, 0.25) is 0 Å². The minimum atomic E-state index is -4.15. The zero-order valence-electron chi connectivity index (χ0n) is 28.3. The molecule has 1 unspecified atom stereocenters. The van der Waals surface area contributed by atoms with Gasteiger partial charge >= 0.3 is 7.12 Å². The van der Waals surface area contributed by atoms with Crippen LogP contribution < -0.4 is 10.4 Å². The van der Waals surface area contributed by atoms with Crippen LogP contribution in [0.5, 0.6) is 0 Å². The van der Waals surface area contributed by atoms with E-state index in [9.17, 15) is 9.46 Å². The summed E-state index contributed by atoms with van der Waals surface area (Å²) in [5.74, 6) is 0. The number of phosphoric ester groups is 1. The van der Waals surface area contributed by atoms with E-state index in [0.717, 1.165) is 44.4 Å². The standard InChI is InChI=1S/C34H63BNO6P/c1-34(2)30-39-35(40-31-34)33-25-23-32(24-26-33)22-20-18-16-14-12-10-8-6-7-9-11-13-15-17-19-21-28-41-43(37,38)42-29-27-36(3,4)5/h23-26H,6-22,27-31H2,1-5H3. The third kappa shape index (κ3) is 20.1. The second-order valence-corrected chi connectivity index (χ2v) is 15.8. The van der Waals surface area contributed by atoms with Gasteiger partial charge in [-0.2, -0.15) is 0 Å². The van der Waals surface area contributed by atoms with Crippen molar-refractivity contribution in [2.45, 2.75) is 123 Å². The predicted molar refractivity (Wildman–Crippen MR) is 178 cm³/mol. The van der Waals surface area contributed by atoms with Gasteiger partial charge in [-0.3, -0.25) is 4.57 Å². The first-order valence-electron chi connectivity index (χ1n) is 17.2.